The number of hydrogen-bond donors (Lipinski definition) is 2. The zero-order valence-corrected chi connectivity index (χ0v) is 20.3. The number of nitrogens with one attached hydrogen (secondary N) is 2. The van der Waals surface area contributed by atoms with Crippen molar-refractivity contribution in [3.8, 4) is 0 Å². The number of anilines is 4. The van der Waals surface area contributed by atoms with Crippen LogP contribution in [0, 0.1) is 19.5 Å². The van der Waals surface area contributed by atoms with Gasteiger partial charge in [0.15, 0.2) is 0 Å². The first-order valence-corrected chi connectivity index (χ1v) is 9.29. The number of nitrogens with zero attached hydrogens (tertiary/aromatic N) is 1. The molecule has 0 aliphatic heterocycles. The molecule has 3 rings (SSSR count). The molecule has 2 N–H and O–H groups in total. The molecule has 0 radical (unpaired) electrons. The molecule has 0 aliphatic carbocycles. The molecule has 0 amide bonds. The second-order valence-corrected chi connectivity index (χ2v) is 7.26. The normalized spacial score (nSPS) is 10.0. The number of halogens is 3. The molecule has 0 atom stereocenters. The Morgan fingerprint density at radius 2 is 1.76 bits per heavy atom. The molecular formula is C19H11ClFIN3O3W-. The molecule has 0 aliphatic rings. The van der Waals surface area contributed by atoms with E-state index in [-0.39, 0.29) is 38.0 Å². The van der Waals surface area contributed by atoms with E-state index < -0.39 is 16.4 Å². The van der Waals surface area contributed by atoms with E-state index in [0.717, 1.165) is 9.64 Å². The second-order valence-electron chi connectivity index (χ2n) is 5.61. The number of hydrogen-bond acceptors (Lipinski definition) is 5. The third-order valence-electron chi connectivity index (χ3n) is 3.79. The zero-order chi connectivity index (χ0) is 20.3. The Hall–Kier alpha value is -2.03. The molecule has 3 aromatic rings. The van der Waals surface area contributed by atoms with Gasteiger partial charge in [-0.2, -0.15) is 0 Å². The Bertz CT molecular complexity index is 1070. The van der Waals surface area contributed by atoms with E-state index in [0.29, 0.717) is 16.4 Å². The van der Waals surface area contributed by atoms with Crippen LogP contribution in [0.2, 0.25) is 5.02 Å². The molecule has 3 aromatic carbocycles. The van der Waals surface area contributed by atoms with Crippen molar-refractivity contribution in [2.24, 2.45) is 0 Å². The topological polar surface area (TPSA) is 84.3 Å². The quantitative estimate of drug-likeness (QED) is 0.145. The molecule has 148 valence electrons. The van der Waals surface area contributed by atoms with Gasteiger partial charge < -0.3 is 15.4 Å². The van der Waals surface area contributed by atoms with E-state index >= 15 is 4.39 Å². The van der Waals surface area contributed by atoms with Crippen molar-refractivity contribution in [2.75, 3.05) is 10.6 Å². The third-order valence-corrected chi connectivity index (χ3v) is 4.77. The minimum Gasteiger partial charge on any atom is -0.404 e. The number of nitro benzene ring substituents is 1. The summed E-state index contributed by atoms with van der Waals surface area (Å²) in [6, 6.07) is 14.4. The molecule has 0 unspecified atom stereocenters. The fourth-order valence-corrected chi connectivity index (χ4v) is 3.40. The van der Waals surface area contributed by atoms with Crippen molar-refractivity contribution in [2.45, 2.75) is 0 Å². The number of rotatable bonds is 6. The van der Waals surface area contributed by atoms with E-state index in [1.165, 1.54) is 0 Å². The smallest absolute Gasteiger partial charge is 0.243 e. The maximum atomic E-state index is 15.3. The minimum absolute atomic E-state index is 0. The average Bonchev–Trinajstić information content (AvgIpc) is 2.67. The van der Waals surface area contributed by atoms with Crippen LogP contribution in [-0.2, 0) is 25.9 Å². The van der Waals surface area contributed by atoms with Crippen molar-refractivity contribution >= 4 is 68.9 Å². The monoisotopic (exact) mass is 694 g/mol. The predicted octanol–water partition coefficient (Wildman–Crippen LogP) is 5.93. The van der Waals surface area contributed by atoms with Crippen LogP contribution in [0.15, 0.2) is 54.6 Å². The predicted molar refractivity (Wildman–Crippen MR) is 115 cm³/mol. The van der Waals surface area contributed by atoms with Crippen LogP contribution in [0.4, 0.5) is 32.8 Å². The summed E-state index contributed by atoms with van der Waals surface area (Å²) in [4.78, 5) is 22.0. The van der Waals surface area contributed by atoms with Crippen molar-refractivity contribution in [1.29, 1.82) is 0 Å². The molecule has 0 aromatic heterocycles. The van der Waals surface area contributed by atoms with E-state index in [1.807, 2.05) is 0 Å². The summed E-state index contributed by atoms with van der Waals surface area (Å²) in [5.74, 6) is -0.994. The van der Waals surface area contributed by atoms with Gasteiger partial charge in [0.05, 0.1) is 16.2 Å². The largest absolute Gasteiger partial charge is 0.404 e. The molecule has 0 saturated carbocycles. The first-order valence-electron chi connectivity index (χ1n) is 7.84. The summed E-state index contributed by atoms with van der Waals surface area (Å²) in [7, 11) is 0. The summed E-state index contributed by atoms with van der Waals surface area (Å²) < 4.78 is 16.1. The first kappa shape index (κ1) is 23.2. The van der Waals surface area contributed by atoms with Gasteiger partial charge in [-0.05, 0) is 58.6 Å². The Morgan fingerprint density at radius 3 is 2.34 bits per heavy atom. The molecule has 0 bridgehead atoms. The Kier molecular flexibility index (Phi) is 8.12. The van der Waals surface area contributed by atoms with Gasteiger partial charge in [0.25, 0.3) is 0 Å². The molecule has 10 heteroatoms. The van der Waals surface area contributed by atoms with Gasteiger partial charge in [0, 0.05) is 36.0 Å². The van der Waals surface area contributed by atoms with E-state index in [1.54, 1.807) is 54.8 Å². The fourth-order valence-electron chi connectivity index (χ4n) is 2.49. The van der Waals surface area contributed by atoms with Gasteiger partial charge in [-0.1, -0.05) is 35.9 Å². The summed E-state index contributed by atoms with van der Waals surface area (Å²) >= 11 is 8.24. The van der Waals surface area contributed by atoms with Crippen LogP contribution in [-0.4, -0.2) is 11.2 Å². The average molecular weight is 695 g/mol. The van der Waals surface area contributed by atoms with Gasteiger partial charge in [-0.3, -0.25) is 10.1 Å². The SMILES string of the molecule is O=[C-]c1cc([N+](=O)[O-])c(Nc2ccccc2)c(F)c1Nc1ccc(I)cc1Cl.[W]. The molecule has 0 fully saturated rings. The Morgan fingerprint density at radius 1 is 1.07 bits per heavy atom. The molecule has 6 nitrogen and oxygen atoms in total. The first-order chi connectivity index (χ1) is 13.4. The van der Waals surface area contributed by atoms with Crippen LogP contribution in [0.25, 0.3) is 0 Å². The van der Waals surface area contributed by atoms with E-state index in [4.69, 9.17) is 11.6 Å². The molecule has 0 saturated heterocycles. The van der Waals surface area contributed by atoms with Gasteiger partial charge in [0.2, 0.25) is 5.69 Å². The van der Waals surface area contributed by atoms with Crippen LogP contribution in [0.3, 0.4) is 0 Å². The minimum atomic E-state index is -0.994. The van der Waals surface area contributed by atoms with E-state index in [2.05, 4.69) is 33.2 Å². The molecule has 0 heterocycles. The van der Waals surface area contributed by atoms with Gasteiger partial charge in [-0.15, -0.1) is 5.56 Å². The van der Waals surface area contributed by atoms with Gasteiger partial charge in [-0.25, -0.2) is 4.39 Å². The van der Waals surface area contributed by atoms with Gasteiger partial charge in [0.1, 0.15) is 11.5 Å². The number of carbonyl (C=O) groups excluding carboxylic acids is 1. The molecular weight excluding hydrogens is 683 g/mol. The summed E-state index contributed by atoms with van der Waals surface area (Å²) in [6.07, 6.45) is 1.54. The molecule has 29 heavy (non-hydrogen) atoms. The standard InChI is InChI=1S/C19H11ClFIN3O3.W/c20-14-9-12(22)6-7-15(14)24-18-11(10-26)8-16(25(27)28)19(17(18)21)23-13-4-2-1-3-5-13;/h1-9,23-24H;/q-1;. The Balaban J connectivity index is 0.00000300. The maximum Gasteiger partial charge on any atom is 0.243 e. The number of nitro groups is 1. The van der Waals surface area contributed by atoms with Crippen molar-refractivity contribution in [1.82, 2.24) is 0 Å². The Labute approximate surface area is 198 Å². The van der Waals surface area contributed by atoms with Gasteiger partial charge >= 0.3 is 0 Å². The van der Waals surface area contributed by atoms with Crippen LogP contribution < -0.4 is 10.6 Å². The zero-order valence-electron chi connectivity index (χ0n) is 14.4. The molecule has 0 spiro atoms. The van der Waals surface area contributed by atoms with Crippen molar-refractivity contribution in [3.63, 3.8) is 0 Å². The third kappa shape index (κ3) is 5.32. The summed E-state index contributed by atoms with van der Waals surface area (Å²) in [5, 5.41) is 17.2. The van der Waals surface area contributed by atoms with Crippen LogP contribution in [0.1, 0.15) is 5.56 Å². The van der Waals surface area contributed by atoms with Crippen LogP contribution >= 0.6 is 34.2 Å². The number of para-hydroxylation sites is 1. The van der Waals surface area contributed by atoms with Crippen molar-refractivity contribution < 1.29 is 35.2 Å². The maximum absolute atomic E-state index is 15.3. The van der Waals surface area contributed by atoms with Crippen LogP contribution in [0.5, 0.6) is 0 Å². The summed E-state index contributed by atoms with van der Waals surface area (Å²) in [6.45, 7) is 0. The fraction of sp³-hybridized carbons (Fsp3) is 0. The second kappa shape index (κ2) is 10.1. The summed E-state index contributed by atoms with van der Waals surface area (Å²) in [5.41, 5.74) is -0.750. The number of benzene rings is 3. The van der Waals surface area contributed by atoms with Crippen molar-refractivity contribution in [3.05, 3.63) is 84.7 Å². The van der Waals surface area contributed by atoms with E-state index in [9.17, 15) is 14.9 Å².